The van der Waals surface area contributed by atoms with Crippen molar-refractivity contribution in [1.29, 1.82) is 0 Å². The first-order valence-corrected chi connectivity index (χ1v) is 25.4. The fourth-order valence-electron chi connectivity index (χ4n) is 6.89. The van der Waals surface area contributed by atoms with Crippen molar-refractivity contribution in [3.05, 3.63) is 184 Å². The van der Waals surface area contributed by atoms with Crippen LogP contribution in [0.15, 0.2) is 151 Å². The first kappa shape index (κ1) is 41.3. The molecular formula is C53H53NSi2. The van der Waals surface area contributed by atoms with Crippen molar-refractivity contribution in [2.45, 2.75) is 77.8 Å². The van der Waals surface area contributed by atoms with Crippen LogP contribution in [0.1, 0.15) is 75.2 Å². The summed E-state index contributed by atoms with van der Waals surface area (Å²) in [6.45, 7) is 13.7. The molecule has 3 heteroatoms. The van der Waals surface area contributed by atoms with E-state index in [-0.39, 0.29) is 0 Å². The van der Waals surface area contributed by atoms with Crippen LogP contribution in [0.3, 0.4) is 0 Å². The van der Waals surface area contributed by atoms with Crippen LogP contribution in [0.25, 0.3) is 11.1 Å². The lowest BCUT2D eigenvalue weighted by Crippen LogP contribution is -2.29. The van der Waals surface area contributed by atoms with E-state index in [0.717, 1.165) is 80.8 Å². The highest BCUT2D eigenvalue weighted by Crippen LogP contribution is 2.29. The normalized spacial score (nSPS) is 10.5. The Morgan fingerprint density at radius 3 is 0.929 bits per heavy atom. The molecule has 1 nitrogen and oxygen atoms in total. The van der Waals surface area contributed by atoms with Crippen molar-refractivity contribution in [3.8, 4) is 46.6 Å². The summed E-state index contributed by atoms with van der Waals surface area (Å²) in [7, 11) is -3.52. The summed E-state index contributed by atoms with van der Waals surface area (Å²) in [6.07, 6.45) is 0. The second-order valence-electron chi connectivity index (χ2n) is 14.1. The zero-order valence-corrected chi connectivity index (χ0v) is 36.0. The van der Waals surface area contributed by atoms with Gasteiger partial charge < -0.3 is 0 Å². The Morgan fingerprint density at radius 2 is 0.661 bits per heavy atom. The van der Waals surface area contributed by atoms with Crippen LogP contribution >= 0.6 is 0 Å². The molecule has 5 rings (SSSR count). The van der Waals surface area contributed by atoms with Gasteiger partial charge in [0.2, 0.25) is 0 Å². The molecule has 56 heavy (non-hydrogen) atoms. The van der Waals surface area contributed by atoms with Gasteiger partial charge in [-0.05, 0) is 82.5 Å². The number of aromatic nitrogens is 1. The zero-order valence-electron chi connectivity index (χ0n) is 34.0. The Bertz CT molecular complexity index is 2100. The third kappa shape index (κ3) is 10.7. The Hall–Kier alpha value is -5.82. The lowest BCUT2D eigenvalue weighted by molar-refractivity contribution is 1.20. The topological polar surface area (TPSA) is 12.9 Å². The smallest absolute Gasteiger partial charge is 0.138 e. The number of benzene rings is 4. The standard InChI is InChI=1S/C53H53NSi2/c1-7-55(8-2,9-3)42-40-48(52(44-26-17-13-18-27-44)45-28-19-14-20-29-45)36-38-50-34-25-35-51(54-50)39-37-49(41-43-56(10-4,11-5)12-6)53(46-30-21-15-22-31-46)47-32-23-16-24-33-47/h13-35H,7-12H2,1-6H3. The first-order valence-electron chi connectivity index (χ1n) is 20.2. The van der Waals surface area contributed by atoms with Gasteiger partial charge in [0, 0.05) is 11.1 Å². The summed E-state index contributed by atoms with van der Waals surface area (Å²) in [5.41, 5.74) is 17.1. The first-order chi connectivity index (χ1) is 27.4. The molecule has 1 aromatic heterocycles. The molecular weight excluding hydrogens is 707 g/mol. The highest BCUT2D eigenvalue weighted by molar-refractivity contribution is 6.87. The molecule has 0 aliphatic heterocycles. The fraction of sp³-hybridized carbons (Fsp3) is 0.226. The van der Waals surface area contributed by atoms with E-state index in [2.05, 4.69) is 185 Å². The molecule has 0 saturated carbocycles. The van der Waals surface area contributed by atoms with E-state index in [9.17, 15) is 0 Å². The average molecular weight is 760 g/mol. The van der Waals surface area contributed by atoms with Gasteiger partial charge >= 0.3 is 0 Å². The molecule has 0 aliphatic rings. The van der Waals surface area contributed by atoms with Crippen molar-refractivity contribution in [3.63, 3.8) is 0 Å². The summed E-state index contributed by atoms with van der Waals surface area (Å²) < 4.78 is 0. The van der Waals surface area contributed by atoms with Crippen LogP contribution in [-0.2, 0) is 0 Å². The lowest BCUT2D eigenvalue weighted by Gasteiger charge is -2.20. The minimum atomic E-state index is -1.76. The summed E-state index contributed by atoms with van der Waals surface area (Å²) in [4.78, 5) is 4.97. The Balaban J connectivity index is 1.69. The van der Waals surface area contributed by atoms with E-state index in [1.807, 2.05) is 42.5 Å². The second kappa shape index (κ2) is 20.7. The number of pyridine rings is 1. The van der Waals surface area contributed by atoms with E-state index in [0.29, 0.717) is 11.4 Å². The van der Waals surface area contributed by atoms with Crippen molar-refractivity contribution in [2.24, 2.45) is 0 Å². The molecule has 0 bridgehead atoms. The quantitative estimate of drug-likeness (QED) is 0.102. The molecule has 0 atom stereocenters. The molecule has 1 heterocycles. The molecule has 0 spiro atoms. The third-order valence-electron chi connectivity index (χ3n) is 11.1. The minimum Gasteiger partial charge on any atom is -0.231 e. The molecule has 0 aliphatic carbocycles. The summed E-state index contributed by atoms with van der Waals surface area (Å²) in [5.74, 6) is 21.2. The molecule has 0 N–H and O–H groups in total. The van der Waals surface area contributed by atoms with Gasteiger partial charge in [0.15, 0.2) is 0 Å². The van der Waals surface area contributed by atoms with Gasteiger partial charge in [-0.3, -0.25) is 0 Å². The summed E-state index contributed by atoms with van der Waals surface area (Å²) in [6, 6.07) is 54.6. The van der Waals surface area contributed by atoms with Crippen LogP contribution in [0.2, 0.25) is 36.3 Å². The van der Waals surface area contributed by atoms with Gasteiger partial charge in [0.1, 0.15) is 27.5 Å². The van der Waals surface area contributed by atoms with E-state index >= 15 is 0 Å². The van der Waals surface area contributed by atoms with Gasteiger partial charge in [-0.2, -0.15) is 0 Å². The van der Waals surface area contributed by atoms with Crippen molar-refractivity contribution in [2.75, 3.05) is 0 Å². The Morgan fingerprint density at radius 1 is 0.375 bits per heavy atom. The summed E-state index contributed by atoms with van der Waals surface area (Å²) in [5, 5.41) is 0. The maximum atomic E-state index is 4.97. The minimum absolute atomic E-state index is 0.652. The molecule has 0 fully saturated rings. The van der Waals surface area contributed by atoms with Crippen molar-refractivity contribution >= 4 is 27.3 Å². The lowest BCUT2D eigenvalue weighted by atomic mass is 9.93. The molecule has 0 radical (unpaired) electrons. The van der Waals surface area contributed by atoms with Crippen LogP contribution in [0, 0.1) is 46.6 Å². The van der Waals surface area contributed by atoms with Gasteiger partial charge in [0.05, 0.1) is 11.1 Å². The molecule has 4 aromatic carbocycles. The van der Waals surface area contributed by atoms with Crippen LogP contribution in [-0.4, -0.2) is 21.1 Å². The molecule has 5 aromatic rings. The Labute approximate surface area is 339 Å². The second-order valence-corrected chi connectivity index (χ2v) is 23.9. The van der Waals surface area contributed by atoms with Crippen LogP contribution < -0.4 is 0 Å². The van der Waals surface area contributed by atoms with E-state index in [1.165, 1.54) is 0 Å². The number of hydrogen-bond donors (Lipinski definition) is 0. The van der Waals surface area contributed by atoms with Gasteiger partial charge in [-0.25, -0.2) is 4.98 Å². The monoisotopic (exact) mass is 759 g/mol. The van der Waals surface area contributed by atoms with Gasteiger partial charge in [-0.15, -0.1) is 11.1 Å². The van der Waals surface area contributed by atoms with Crippen LogP contribution in [0.4, 0.5) is 0 Å². The van der Waals surface area contributed by atoms with Crippen molar-refractivity contribution < 1.29 is 0 Å². The summed E-state index contributed by atoms with van der Waals surface area (Å²) >= 11 is 0. The predicted octanol–water partition coefficient (Wildman–Crippen LogP) is 12.9. The molecule has 0 amide bonds. The molecule has 0 saturated heterocycles. The van der Waals surface area contributed by atoms with Gasteiger partial charge in [-0.1, -0.05) is 193 Å². The van der Waals surface area contributed by atoms with E-state index < -0.39 is 16.1 Å². The van der Waals surface area contributed by atoms with Crippen LogP contribution in [0.5, 0.6) is 0 Å². The zero-order chi connectivity index (χ0) is 39.6. The highest BCUT2D eigenvalue weighted by Gasteiger charge is 2.25. The maximum absolute atomic E-state index is 4.97. The van der Waals surface area contributed by atoms with E-state index in [1.54, 1.807) is 0 Å². The number of hydrogen-bond acceptors (Lipinski definition) is 1. The number of nitrogens with zero attached hydrogens (tertiary/aromatic N) is 1. The predicted molar refractivity (Wildman–Crippen MR) is 246 cm³/mol. The maximum Gasteiger partial charge on any atom is 0.138 e. The SMILES string of the molecule is CC[Si](C#CC(C#Cc1cccc(C#CC(C#C[Si](CC)(CC)CC)=C(c2ccccc2)c2ccccc2)n1)=C(c1ccccc1)c1ccccc1)(CC)CC. The van der Waals surface area contributed by atoms with Gasteiger partial charge in [0.25, 0.3) is 0 Å². The fourth-order valence-corrected chi connectivity index (χ4v) is 11.7. The Kier molecular flexibility index (Phi) is 15.3. The number of allylic oxidation sites excluding steroid dienone is 2. The average Bonchev–Trinajstić information content (AvgIpc) is 3.27. The molecule has 0 unspecified atom stereocenters. The largest absolute Gasteiger partial charge is 0.231 e. The number of rotatable bonds is 10. The highest BCUT2D eigenvalue weighted by atomic mass is 28.3. The third-order valence-corrected chi connectivity index (χ3v) is 20.5. The molecule has 278 valence electrons. The van der Waals surface area contributed by atoms with E-state index in [4.69, 9.17) is 4.98 Å². The van der Waals surface area contributed by atoms with Crippen molar-refractivity contribution in [1.82, 2.24) is 4.98 Å².